The summed E-state index contributed by atoms with van der Waals surface area (Å²) in [6.45, 7) is 4.16. The lowest BCUT2D eigenvalue weighted by Crippen LogP contribution is -2.52. The number of carbonyl (C=O) groups excluding carboxylic acids is 1. The monoisotopic (exact) mass is 492 g/mol. The van der Waals surface area contributed by atoms with E-state index in [4.69, 9.17) is 4.74 Å². The second-order valence-electron chi connectivity index (χ2n) is 9.47. The smallest absolute Gasteiger partial charge is 0.224 e. The van der Waals surface area contributed by atoms with E-state index in [-0.39, 0.29) is 42.2 Å². The van der Waals surface area contributed by atoms with Gasteiger partial charge in [0.05, 0.1) is 6.04 Å². The third-order valence-electron chi connectivity index (χ3n) is 6.99. The van der Waals surface area contributed by atoms with Crippen LogP contribution in [0.3, 0.4) is 0 Å². The van der Waals surface area contributed by atoms with Crippen LogP contribution in [-0.2, 0) is 0 Å². The number of Topliss-reactive ketones (excluding diaryl/α,β-unsaturated/α-hetero) is 1. The third-order valence-corrected chi connectivity index (χ3v) is 6.99. The maximum Gasteiger partial charge on any atom is 0.224 e. The van der Waals surface area contributed by atoms with Gasteiger partial charge in [-0.15, -0.1) is 0 Å². The standard InChI is InChI=1S/C28H26F2N2O4/c1-16(2)18-9-6-14-36-28-19(10-11-21(29)23(28)30)24(17-7-4-3-5-8-17)32-15-20(18)26(34)25-27(35)22(33)12-13-31(25)32/h3-13,16,18,20,24,35H,14-15H2,1-2H3/b9-6+/t18-,20?,24-/m1/s1. The maximum absolute atomic E-state index is 15.1. The lowest BCUT2D eigenvalue weighted by Gasteiger charge is -2.44. The minimum atomic E-state index is -1.10. The number of rotatable bonds is 2. The van der Waals surface area contributed by atoms with Gasteiger partial charge in [-0.1, -0.05) is 56.3 Å². The molecule has 8 heteroatoms. The van der Waals surface area contributed by atoms with E-state index in [1.165, 1.54) is 23.0 Å². The molecule has 2 aromatic carbocycles. The van der Waals surface area contributed by atoms with Crippen molar-refractivity contribution in [3.05, 3.63) is 106 Å². The quantitative estimate of drug-likeness (QED) is 0.530. The van der Waals surface area contributed by atoms with Crippen LogP contribution >= 0.6 is 0 Å². The Hall–Kier alpha value is -3.94. The van der Waals surface area contributed by atoms with Crippen LogP contribution in [0.5, 0.6) is 11.5 Å². The molecule has 1 unspecified atom stereocenters. The maximum atomic E-state index is 15.1. The van der Waals surface area contributed by atoms with E-state index in [2.05, 4.69) is 0 Å². The Morgan fingerprint density at radius 2 is 1.81 bits per heavy atom. The number of aromatic nitrogens is 1. The highest BCUT2D eigenvalue weighted by molar-refractivity contribution is 6.00. The first kappa shape index (κ1) is 23.8. The van der Waals surface area contributed by atoms with Crippen LogP contribution in [0.1, 0.15) is 41.5 Å². The fourth-order valence-electron chi connectivity index (χ4n) is 5.26. The molecule has 2 aliphatic heterocycles. The fourth-order valence-corrected chi connectivity index (χ4v) is 5.26. The molecule has 6 nitrogen and oxygen atoms in total. The number of nitrogens with zero attached hydrogens (tertiary/aromatic N) is 2. The summed E-state index contributed by atoms with van der Waals surface area (Å²) < 4.78 is 36.7. The number of fused-ring (bicyclic) bond motifs is 5. The predicted octanol–water partition coefficient (Wildman–Crippen LogP) is 4.59. The van der Waals surface area contributed by atoms with E-state index in [1.807, 2.05) is 55.3 Å². The van der Waals surface area contributed by atoms with Crippen LogP contribution in [0.4, 0.5) is 8.78 Å². The molecule has 0 radical (unpaired) electrons. The zero-order chi connectivity index (χ0) is 25.6. The van der Waals surface area contributed by atoms with Crippen molar-refractivity contribution in [3.8, 4) is 11.5 Å². The Balaban J connectivity index is 1.85. The van der Waals surface area contributed by atoms with E-state index in [0.29, 0.717) is 5.56 Å². The van der Waals surface area contributed by atoms with Gasteiger partial charge in [-0.05, 0) is 29.5 Å². The lowest BCUT2D eigenvalue weighted by molar-refractivity contribution is 0.0822. The Morgan fingerprint density at radius 3 is 2.53 bits per heavy atom. The Morgan fingerprint density at radius 1 is 1.06 bits per heavy atom. The number of aromatic hydroxyl groups is 1. The van der Waals surface area contributed by atoms with Gasteiger partial charge in [0.15, 0.2) is 28.8 Å². The zero-order valence-corrected chi connectivity index (χ0v) is 19.9. The number of carbonyl (C=O) groups is 1. The minimum absolute atomic E-state index is 0.0188. The van der Waals surface area contributed by atoms with Crippen molar-refractivity contribution >= 4 is 5.78 Å². The molecular formula is C28H26F2N2O4. The first-order valence-electron chi connectivity index (χ1n) is 11.9. The fraction of sp³-hybridized carbons (Fsp3) is 0.286. The lowest BCUT2D eigenvalue weighted by atomic mass is 9.78. The Labute approximate surface area is 207 Å². The van der Waals surface area contributed by atoms with Gasteiger partial charge in [-0.25, -0.2) is 4.39 Å². The molecule has 0 saturated carbocycles. The number of benzene rings is 2. The number of hydrogen-bond donors (Lipinski definition) is 1. The molecular weight excluding hydrogens is 466 g/mol. The van der Waals surface area contributed by atoms with Gasteiger partial charge in [-0.2, -0.15) is 4.39 Å². The second-order valence-corrected chi connectivity index (χ2v) is 9.47. The van der Waals surface area contributed by atoms with Crippen molar-refractivity contribution in [1.29, 1.82) is 0 Å². The highest BCUT2D eigenvalue weighted by Crippen LogP contribution is 2.41. The molecule has 36 heavy (non-hydrogen) atoms. The molecule has 0 spiro atoms. The molecule has 3 atom stereocenters. The van der Waals surface area contributed by atoms with Gasteiger partial charge in [0, 0.05) is 30.3 Å². The normalized spacial score (nSPS) is 22.3. The zero-order valence-electron chi connectivity index (χ0n) is 19.9. The van der Waals surface area contributed by atoms with Gasteiger partial charge in [-0.3, -0.25) is 19.3 Å². The summed E-state index contributed by atoms with van der Waals surface area (Å²) in [5, 5.41) is 12.5. The molecule has 0 aliphatic carbocycles. The summed E-state index contributed by atoms with van der Waals surface area (Å²) in [6.07, 6.45) is 4.98. The molecule has 0 amide bonds. The number of pyridine rings is 1. The van der Waals surface area contributed by atoms with Crippen molar-refractivity contribution in [3.63, 3.8) is 0 Å². The van der Waals surface area contributed by atoms with E-state index in [1.54, 1.807) is 6.08 Å². The summed E-state index contributed by atoms with van der Waals surface area (Å²) in [4.78, 5) is 26.1. The summed E-state index contributed by atoms with van der Waals surface area (Å²) in [7, 11) is 0. The van der Waals surface area contributed by atoms with Crippen LogP contribution < -0.4 is 15.2 Å². The molecule has 0 fully saturated rings. The minimum Gasteiger partial charge on any atom is -0.503 e. The second kappa shape index (κ2) is 9.26. The molecule has 186 valence electrons. The first-order chi connectivity index (χ1) is 17.3. The molecule has 0 saturated heterocycles. The predicted molar refractivity (Wildman–Crippen MR) is 131 cm³/mol. The van der Waals surface area contributed by atoms with Crippen molar-refractivity contribution in [2.75, 3.05) is 18.2 Å². The van der Waals surface area contributed by atoms with Crippen molar-refractivity contribution in [2.45, 2.75) is 19.9 Å². The van der Waals surface area contributed by atoms with E-state index in [9.17, 15) is 19.1 Å². The third kappa shape index (κ3) is 3.86. The molecule has 1 N–H and O–H groups in total. The topological polar surface area (TPSA) is 71.8 Å². The molecule has 2 aliphatic rings. The highest BCUT2D eigenvalue weighted by atomic mass is 19.2. The van der Waals surface area contributed by atoms with E-state index < -0.39 is 34.8 Å². The van der Waals surface area contributed by atoms with Gasteiger partial charge in [0.2, 0.25) is 11.2 Å². The number of ketones is 1. The molecule has 2 bridgehead atoms. The Bertz CT molecular complexity index is 1400. The van der Waals surface area contributed by atoms with Crippen molar-refractivity contribution < 1.29 is 23.4 Å². The summed E-state index contributed by atoms with van der Waals surface area (Å²) in [5.41, 5.74) is 0.305. The molecule has 1 aromatic heterocycles. The number of allylic oxidation sites excluding steroid dienone is 1. The summed E-state index contributed by atoms with van der Waals surface area (Å²) in [6, 6.07) is 12.2. The van der Waals surface area contributed by atoms with Crippen LogP contribution in [0.2, 0.25) is 0 Å². The van der Waals surface area contributed by atoms with Crippen LogP contribution in [0.15, 0.2) is 71.7 Å². The van der Waals surface area contributed by atoms with Gasteiger partial charge >= 0.3 is 0 Å². The highest BCUT2D eigenvalue weighted by Gasteiger charge is 2.42. The summed E-state index contributed by atoms with van der Waals surface area (Å²) >= 11 is 0. The average Bonchev–Trinajstić information content (AvgIpc) is 2.89. The van der Waals surface area contributed by atoms with Gasteiger partial charge in [0.25, 0.3) is 0 Å². The average molecular weight is 493 g/mol. The van der Waals surface area contributed by atoms with Crippen molar-refractivity contribution in [1.82, 2.24) is 4.68 Å². The number of hydrogen-bond acceptors (Lipinski definition) is 5. The van der Waals surface area contributed by atoms with Crippen LogP contribution in [0.25, 0.3) is 0 Å². The largest absolute Gasteiger partial charge is 0.503 e. The van der Waals surface area contributed by atoms with Gasteiger partial charge in [0.1, 0.15) is 6.61 Å². The van der Waals surface area contributed by atoms with E-state index in [0.717, 1.165) is 11.6 Å². The van der Waals surface area contributed by atoms with Crippen LogP contribution in [0, 0.1) is 29.4 Å². The SMILES string of the molecule is CC(C)[C@H]1/C=C/COc2c(ccc(F)c2F)[C@@H](c2ccccc2)N2CC1C(=O)c1c(O)c(=O)ccn12. The number of ether oxygens (including phenoxy) is 1. The number of halogens is 2. The van der Waals surface area contributed by atoms with E-state index >= 15 is 4.39 Å². The van der Waals surface area contributed by atoms with Crippen LogP contribution in [-0.4, -0.2) is 28.7 Å². The molecule has 5 rings (SSSR count). The summed E-state index contributed by atoms with van der Waals surface area (Å²) in [5.74, 6) is -4.17. The van der Waals surface area contributed by atoms with Gasteiger partial charge < -0.3 is 9.84 Å². The molecule has 3 aromatic rings. The van der Waals surface area contributed by atoms with Crippen molar-refractivity contribution in [2.24, 2.45) is 17.8 Å². The Kier molecular flexibility index (Phi) is 6.12. The molecule has 3 heterocycles. The first-order valence-corrected chi connectivity index (χ1v) is 11.9.